The van der Waals surface area contributed by atoms with Gasteiger partial charge in [-0.2, -0.15) is 0 Å². The zero-order chi connectivity index (χ0) is 22.9. The standard InChI is InChI=1S/C24H20ClFN2O3S/c1-16-9-10-19(12-21(16)26)27-24(29)14-28-13-23(20-7-2-3-8-22(20)28)32(30,31)15-17-5-4-6-18(25)11-17/h2-13H,14-15H2,1H3,(H,27,29). The minimum atomic E-state index is -3.70. The first-order valence-corrected chi connectivity index (χ1v) is 11.9. The monoisotopic (exact) mass is 470 g/mol. The first kappa shape index (κ1) is 22.0. The van der Waals surface area contributed by atoms with Crippen LogP contribution in [0.5, 0.6) is 0 Å². The van der Waals surface area contributed by atoms with E-state index in [2.05, 4.69) is 5.32 Å². The molecule has 0 aliphatic rings. The summed E-state index contributed by atoms with van der Waals surface area (Å²) in [6, 6.07) is 18.2. The average Bonchev–Trinajstić information content (AvgIpc) is 3.10. The molecule has 1 aromatic heterocycles. The molecule has 0 saturated heterocycles. The summed E-state index contributed by atoms with van der Waals surface area (Å²) in [5.74, 6) is -1.02. The van der Waals surface area contributed by atoms with E-state index in [9.17, 15) is 17.6 Å². The topological polar surface area (TPSA) is 68.2 Å². The highest BCUT2D eigenvalue weighted by Gasteiger charge is 2.22. The number of anilines is 1. The number of hydrogen-bond donors (Lipinski definition) is 1. The van der Waals surface area contributed by atoms with E-state index < -0.39 is 21.6 Å². The van der Waals surface area contributed by atoms with Crippen molar-refractivity contribution in [2.24, 2.45) is 0 Å². The molecule has 5 nitrogen and oxygen atoms in total. The summed E-state index contributed by atoms with van der Waals surface area (Å²) < 4.78 is 41.7. The molecule has 1 N–H and O–H groups in total. The molecule has 0 atom stereocenters. The van der Waals surface area contributed by atoms with Crippen LogP contribution in [0, 0.1) is 12.7 Å². The fourth-order valence-electron chi connectivity index (χ4n) is 3.54. The predicted molar refractivity (Wildman–Crippen MR) is 124 cm³/mol. The molecule has 0 radical (unpaired) electrons. The second-order valence-electron chi connectivity index (χ2n) is 7.54. The van der Waals surface area contributed by atoms with E-state index in [4.69, 9.17) is 11.6 Å². The summed E-state index contributed by atoms with van der Waals surface area (Å²) in [6.45, 7) is 1.51. The van der Waals surface area contributed by atoms with Crippen molar-refractivity contribution in [2.45, 2.75) is 24.1 Å². The normalized spacial score (nSPS) is 11.6. The molecule has 4 aromatic rings. The van der Waals surface area contributed by atoms with E-state index in [-0.39, 0.29) is 17.2 Å². The number of aromatic nitrogens is 1. The highest BCUT2D eigenvalue weighted by molar-refractivity contribution is 7.90. The third kappa shape index (κ3) is 4.69. The van der Waals surface area contributed by atoms with Crippen LogP contribution in [0.25, 0.3) is 10.9 Å². The number of hydrogen-bond acceptors (Lipinski definition) is 3. The van der Waals surface area contributed by atoms with Crippen LogP contribution in [-0.4, -0.2) is 18.9 Å². The molecule has 8 heteroatoms. The van der Waals surface area contributed by atoms with E-state index in [0.717, 1.165) is 0 Å². The van der Waals surface area contributed by atoms with E-state index in [1.54, 1.807) is 72.2 Å². The van der Waals surface area contributed by atoms with Crippen molar-refractivity contribution in [1.29, 1.82) is 0 Å². The Morgan fingerprint density at radius 1 is 1.06 bits per heavy atom. The number of nitrogens with zero attached hydrogens (tertiary/aromatic N) is 1. The van der Waals surface area contributed by atoms with Crippen molar-refractivity contribution in [3.8, 4) is 0 Å². The van der Waals surface area contributed by atoms with E-state index in [1.807, 2.05) is 0 Å². The van der Waals surface area contributed by atoms with Gasteiger partial charge < -0.3 is 9.88 Å². The highest BCUT2D eigenvalue weighted by atomic mass is 35.5. The lowest BCUT2D eigenvalue weighted by molar-refractivity contribution is -0.116. The number of carbonyl (C=O) groups excluding carboxylic acids is 1. The van der Waals surface area contributed by atoms with Crippen molar-refractivity contribution in [2.75, 3.05) is 5.32 Å². The molecular weight excluding hydrogens is 451 g/mol. The Balaban J connectivity index is 1.63. The van der Waals surface area contributed by atoms with Gasteiger partial charge in [0.2, 0.25) is 5.91 Å². The van der Waals surface area contributed by atoms with Gasteiger partial charge in [0.05, 0.1) is 10.6 Å². The molecule has 164 valence electrons. The number of fused-ring (bicyclic) bond motifs is 1. The summed E-state index contributed by atoms with van der Waals surface area (Å²) in [5.41, 5.74) is 2.01. The number of sulfone groups is 1. The summed E-state index contributed by atoms with van der Waals surface area (Å²) in [7, 11) is -3.70. The smallest absolute Gasteiger partial charge is 0.244 e. The van der Waals surface area contributed by atoms with Gasteiger partial charge in [-0.1, -0.05) is 48.0 Å². The van der Waals surface area contributed by atoms with Gasteiger partial charge in [-0.3, -0.25) is 4.79 Å². The second-order valence-corrected chi connectivity index (χ2v) is 9.93. The summed E-state index contributed by atoms with van der Waals surface area (Å²) in [4.78, 5) is 12.7. The SMILES string of the molecule is Cc1ccc(NC(=O)Cn2cc(S(=O)(=O)Cc3cccc(Cl)c3)c3ccccc32)cc1F. The molecular formula is C24H20ClFN2O3S. The number of aryl methyl sites for hydroxylation is 1. The van der Waals surface area contributed by atoms with Gasteiger partial charge in [0.25, 0.3) is 0 Å². The molecule has 32 heavy (non-hydrogen) atoms. The minimum Gasteiger partial charge on any atom is -0.337 e. The molecule has 0 unspecified atom stereocenters. The maximum Gasteiger partial charge on any atom is 0.244 e. The van der Waals surface area contributed by atoms with Gasteiger partial charge in [-0.05, 0) is 48.4 Å². The van der Waals surface area contributed by atoms with Gasteiger partial charge in [0.1, 0.15) is 12.4 Å². The third-order valence-corrected chi connectivity index (χ3v) is 7.05. The number of amides is 1. The molecule has 1 amide bonds. The molecule has 0 spiro atoms. The second kappa shape index (κ2) is 8.76. The van der Waals surface area contributed by atoms with E-state index >= 15 is 0 Å². The Morgan fingerprint density at radius 3 is 2.59 bits per heavy atom. The van der Waals surface area contributed by atoms with E-state index in [0.29, 0.717) is 32.7 Å². The molecule has 1 heterocycles. The van der Waals surface area contributed by atoms with Gasteiger partial charge in [-0.15, -0.1) is 0 Å². The third-order valence-electron chi connectivity index (χ3n) is 5.10. The van der Waals surface area contributed by atoms with Crippen LogP contribution in [0.2, 0.25) is 5.02 Å². The van der Waals surface area contributed by atoms with Crippen molar-refractivity contribution < 1.29 is 17.6 Å². The minimum absolute atomic E-state index is 0.122. The lowest BCUT2D eigenvalue weighted by Gasteiger charge is -2.08. The molecule has 4 rings (SSSR count). The van der Waals surface area contributed by atoms with Crippen LogP contribution in [0.3, 0.4) is 0 Å². The first-order chi connectivity index (χ1) is 15.2. The Labute approximate surface area is 190 Å². The fraction of sp³-hybridized carbons (Fsp3) is 0.125. The molecule has 0 bridgehead atoms. The van der Waals surface area contributed by atoms with Crippen LogP contribution in [-0.2, 0) is 26.9 Å². The molecule has 0 fully saturated rings. The van der Waals surface area contributed by atoms with Crippen LogP contribution in [0.4, 0.5) is 10.1 Å². The Kier molecular flexibility index (Phi) is 6.04. The number of benzene rings is 3. The number of carbonyl (C=O) groups is 1. The summed E-state index contributed by atoms with van der Waals surface area (Å²) >= 11 is 5.99. The van der Waals surface area contributed by atoms with Crippen LogP contribution < -0.4 is 5.32 Å². The van der Waals surface area contributed by atoms with Crippen LogP contribution in [0.15, 0.2) is 77.8 Å². The van der Waals surface area contributed by atoms with E-state index in [1.165, 1.54) is 12.3 Å². The maximum absolute atomic E-state index is 13.8. The quantitative estimate of drug-likeness (QED) is 0.412. The zero-order valence-corrected chi connectivity index (χ0v) is 18.8. The Bertz CT molecular complexity index is 1430. The molecule has 0 saturated carbocycles. The van der Waals surface area contributed by atoms with Crippen molar-refractivity contribution >= 4 is 43.9 Å². The number of rotatable bonds is 6. The van der Waals surface area contributed by atoms with Gasteiger partial charge in [-0.25, -0.2) is 12.8 Å². The van der Waals surface area contributed by atoms with Crippen LogP contribution >= 0.6 is 11.6 Å². The van der Waals surface area contributed by atoms with Crippen molar-refractivity contribution in [1.82, 2.24) is 4.57 Å². The van der Waals surface area contributed by atoms with Crippen molar-refractivity contribution in [3.63, 3.8) is 0 Å². The number of para-hydroxylation sites is 1. The van der Waals surface area contributed by atoms with Crippen LogP contribution in [0.1, 0.15) is 11.1 Å². The summed E-state index contributed by atoms with van der Waals surface area (Å²) in [6.07, 6.45) is 1.47. The Morgan fingerprint density at radius 2 is 1.84 bits per heavy atom. The molecule has 3 aromatic carbocycles. The van der Waals surface area contributed by atoms with Gasteiger partial charge >= 0.3 is 0 Å². The lowest BCUT2D eigenvalue weighted by Crippen LogP contribution is -2.18. The average molecular weight is 471 g/mol. The summed E-state index contributed by atoms with van der Waals surface area (Å²) in [5, 5.41) is 3.65. The highest BCUT2D eigenvalue weighted by Crippen LogP contribution is 2.28. The Hall–Kier alpha value is -3.16. The lowest BCUT2D eigenvalue weighted by atomic mass is 10.2. The number of nitrogens with one attached hydrogen (secondary N) is 1. The first-order valence-electron chi connectivity index (χ1n) is 9.84. The zero-order valence-electron chi connectivity index (χ0n) is 17.2. The maximum atomic E-state index is 13.8. The number of halogens is 2. The predicted octanol–water partition coefficient (Wildman–Crippen LogP) is 5.35. The molecule has 0 aliphatic carbocycles. The van der Waals surface area contributed by atoms with Crippen molar-refractivity contribution in [3.05, 3.63) is 94.9 Å². The molecule has 0 aliphatic heterocycles. The van der Waals surface area contributed by atoms with Gasteiger partial charge in [0.15, 0.2) is 9.84 Å². The fourth-order valence-corrected chi connectivity index (χ4v) is 5.32. The largest absolute Gasteiger partial charge is 0.337 e. The van der Waals surface area contributed by atoms with Gasteiger partial charge in [0, 0.05) is 27.8 Å².